The van der Waals surface area contributed by atoms with Crippen molar-refractivity contribution >= 4 is 0 Å². The van der Waals surface area contributed by atoms with Crippen LogP contribution in [0.1, 0.15) is 115 Å². The fraction of sp³-hybridized carbons (Fsp3) is 0.786. The monoisotopic (exact) mass is 448 g/mol. The molecule has 1 fully saturated rings. The van der Waals surface area contributed by atoms with E-state index in [0.717, 1.165) is 18.4 Å². The number of hydrogen-bond donors (Lipinski definition) is 3. The Balaban J connectivity index is 1.52. The first-order valence-electron chi connectivity index (χ1n) is 13.3. The van der Waals surface area contributed by atoms with Crippen molar-refractivity contribution < 1.29 is 20.1 Å². The zero-order valence-corrected chi connectivity index (χ0v) is 20.4. The molecule has 3 N–H and O–H groups in total. The van der Waals surface area contributed by atoms with Gasteiger partial charge in [0, 0.05) is 12.8 Å². The minimum Gasteiger partial charge on any atom is -0.390 e. The number of aliphatic hydroxyl groups is 3. The Hall–Kier alpha value is -0.940. The molecule has 1 saturated heterocycles. The van der Waals surface area contributed by atoms with Gasteiger partial charge < -0.3 is 20.1 Å². The first-order chi connectivity index (χ1) is 15.5. The van der Waals surface area contributed by atoms with E-state index in [-0.39, 0.29) is 6.42 Å². The van der Waals surface area contributed by atoms with Crippen LogP contribution >= 0.6 is 0 Å². The first kappa shape index (κ1) is 27.3. The molecule has 1 aromatic carbocycles. The van der Waals surface area contributed by atoms with E-state index < -0.39 is 24.1 Å². The summed E-state index contributed by atoms with van der Waals surface area (Å²) in [5.41, 5.74) is -0.239. The summed E-state index contributed by atoms with van der Waals surface area (Å²) < 4.78 is 5.54. The lowest BCUT2D eigenvalue weighted by Gasteiger charge is -2.31. The molecule has 0 aromatic heterocycles. The van der Waals surface area contributed by atoms with E-state index in [9.17, 15) is 15.3 Å². The lowest BCUT2D eigenvalue weighted by atomic mass is 9.84. The van der Waals surface area contributed by atoms with Crippen molar-refractivity contribution in [2.24, 2.45) is 0 Å². The van der Waals surface area contributed by atoms with E-state index >= 15 is 0 Å². The first-order valence-corrected chi connectivity index (χ1v) is 13.3. The molecular formula is C28H48O4. The van der Waals surface area contributed by atoms with Gasteiger partial charge in [-0.15, -0.1) is 0 Å². The molecule has 2 unspecified atom stereocenters. The van der Waals surface area contributed by atoms with Crippen LogP contribution in [0.2, 0.25) is 0 Å². The Morgan fingerprint density at radius 3 is 1.88 bits per heavy atom. The van der Waals surface area contributed by atoms with Gasteiger partial charge in [0.25, 0.3) is 0 Å². The summed E-state index contributed by atoms with van der Waals surface area (Å²) in [5, 5.41) is 31.8. The second-order valence-corrected chi connectivity index (χ2v) is 9.93. The van der Waals surface area contributed by atoms with Crippen LogP contribution in [-0.4, -0.2) is 39.4 Å². The maximum Gasteiger partial charge on any atom is 0.158 e. The Kier molecular flexibility index (Phi) is 13.5. The predicted octanol–water partition coefficient (Wildman–Crippen LogP) is 6.30. The van der Waals surface area contributed by atoms with E-state index in [1.54, 1.807) is 0 Å². The largest absolute Gasteiger partial charge is 0.390 e. The number of ether oxygens (including phenoxy) is 1. The van der Waals surface area contributed by atoms with Crippen molar-refractivity contribution in [1.29, 1.82) is 0 Å². The summed E-state index contributed by atoms with van der Waals surface area (Å²) in [6.07, 6.45) is 16.9. The SMILES string of the molecule is CCCCCCCCCCCCCCCCC(O)[C@H]1OC(O)C[C@@]1(O)Cc1ccccc1. The van der Waals surface area contributed by atoms with Gasteiger partial charge in [-0.2, -0.15) is 0 Å². The van der Waals surface area contributed by atoms with Crippen LogP contribution in [-0.2, 0) is 11.2 Å². The van der Waals surface area contributed by atoms with E-state index in [1.165, 1.54) is 77.0 Å². The van der Waals surface area contributed by atoms with Crippen LogP contribution in [0.25, 0.3) is 0 Å². The van der Waals surface area contributed by atoms with Gasteiger partial charge in [0.2, 0.25) is 0 Å². The number of aliphatic hydroxyl groups excluding tert-OH is 2. The molecule has 32 heavy (non-hydrogen) atoms. The van der Waals surface area contributed by atoms with E-state index in [1.807, 2.05) is 30.3 Å². The van der Waals surface area contributed by atoms with Gasteiger partial charge in [-0.3, -0.25) is 0 Å². The maximum atomic E-state index is 11.1. The Bertz CT molecular complexity index is 578. The molecule has 4 heteroatoms. The highest BCUT2D eigenvalue weighted by Gasteiger charge is 2.49. The highest BCUT2D eigenvalue weighted by molar-refractivity contribution is 5.19. The summed E-state index contributed by atoms with van der Waals surface area (Å²) in [5.74, 6) is 0. The standard InChI is InChI=1S/C28H48O4/c1-2-3-4-5-6-7-8-9-10-11-12-13-14-18-21-25(29)27-28(31,23-26(30)32-27)22-24-19-16-15-17-20-24/h15-17,19-20,25-27,29-31H,2-14,18,21-23H2,1H3/t25?,26?,27-,28+/m1/s1. The van der Waals surface area contributed by atoms with Gasteiger partial charge in [0.05, 0.1) is 6.10 Å². The molecule has 0 bridgehead atoms. The lowest BCUT2D eigenvalue weighted by Crippen LogP contribution is -2.47. The van der Waals surface area contributed by atoms with Gasteiger partial charge in [-0.1, -0.05) is 127 Å². The van der Waals surface area contributed by atoms with Crippen molar-refractivity contribution in [2.75, 3.05) is 0 Å². The average molecular weight is 449 g/mol. The van der Waals surface area contributed by atoms with Crippen LogP contribution in [0.4, 0.5) is 0 Å². The van der Waals surface area contributed by atoms with E-state index in [2.05, 4.69) is 6.92 Å². The molecule has 1 aliphatic heterocycles. The molecule has 4 atom stereocenters. The average Bonchev–Trinajstić information content (AvgIpc) is 3.08. The second-order valence-electron chi connectivity index (χ2n) is 9.93. The Morgan fingerprint density at radius 2 is 1.34 bits per heavy atom. The quantitative estimate of drug-likeness (QED) is 0.231. The molecule has 1 aromatic rings. The summed E-state index contributed by atoms with van der Waals surface area (Å²) in [7, 11) is 0. The second kappa shape index (κ2) is 15.8. The molecule has 4 nitrogen and oxygen atoms in total. The number of unbranched alkanes of at least 4 members (excludes halogenated alkanes) is 13. The number of benzene rings is 1. The zero-order valence-electron chi connectivity index (χ0n) is 20.4. The fourth-order valence-electron chi connectivity index (χ4n) is 5.03. The normalized spacial score (nSPS) is 24.1. The molecule has 1 heterocycles. The smallest absolute Gasteiger partial charge is 0.158 e. The highest BCUT2D eigenvalue weighted by atomic mass is 16.6. The molecule has 1 aliphatic rings. The fourth-order valence-corrected chi connectivity index (χ4v) is 5.03. The van der Waals surface area contributed by atoms with Gasteiger partial charge in [0.15, 0.2) is 6.29 Å². The topological polar surface area (TPSA) is 69.9 Å². The van der Waals surface area contributed by atoms with Crippen LogP contribution in [0.5, 0.6) is 0 Å². The van der Waals surface area contributed by atoms with Gasteiger partial charge in [0.1, 0.15) is 11.7 Å². The minimum atomic E-state index is -1.23. The predicted molar refractivity (Wildman–Crippen MR) is 132 cm³/mol. The molecule has 0 saturated carbocycles. The van der Waals surface area contributed by atoms with Crippen molar-refractivity contribution in [3.05, 3.63) is 35.9 Å². The van der Waals surface area contributed by atoms with Gasteiger partial charge in [-0.25, -0.2) is 0 Å². The van der Waals surface area contributed by atoms with Crippen molar-refractivity contribution in [3.8, 4) is 0 Å². The summed E-state index contributed by atoms with van der Waals surface area (Å²) in [6.45, 7) is 2.27. The number of rotatable bonds is 18. The lowest BCUT2D eigenvalue weighted by molar-refractivity contribution is -0.146. The van der Waals surface area contributed by atoms with Gasteiger partial charge in [-0.05, 0) is 12.0 Å². The molecule has 2 rings (SSSR count). The minimum absolute atomic E-state index is 0.141. The van der Waals surface area contributed by atoms with Crippen LogP contribution in [0, 0.1) is 0 Å². The third-order valence-electron chi connectivity index (χ3n) is 6.92. The van der Waals surface area contributed by atoms with Crippen molar-refractivity contribution in [3.63, 3.8) is 0 Å². The van der Waals surface area contributed by atoms with Crippen LogP contribution in [0.3, 0.4) is 0 Å². The van der Waals surface area contributed by atoms with Crippen molar-refractivity contribution in [1.82, 2.24) is 0 Å². The third-order valence-corrected chi connectivity index (χ3v) is 6.92. The molecule has 184 valence electrons. The Morgan fingerprint density at radius 1 is 0.844 bits per heavy atom. The van der Waals surface area contributed by atoms with E-state index in [4.69, 9.17) is 4.74 Å². The van der Waals surface area contributed by atoms with Gasteiger partial charge >= 0.3 is 0 Å². The van der Waals surface area contributed by atoms with Crippen molar-refractivity contribution in [2.45, 2.75) is 140 Å². The third kappa shape index (κ3) is 10.3. The Labute approximate surface area is 196 Å². The summed E-state index contributed by atoms with van der Waals surface area (Å²) in [4.78, 5) is 0. The van der Waals surface area contributed by atoms with Crippen LogP contribution < -0.4 is 0 Å². The summed E-state index contributed by atoms with van der Waals surface area (Å²) >= 11 is 0. The number of hydrogen-bond acceptors (Lipinski definition) is 4. The highest BCUT2D eigenvalue weighted by Crippen LogP contribution is 2.36. The molecular weight excluding hydrogens is 400 g/mol. The zero-order chi connectivity index (χ0) is 23.1. The maximum absolute atomic E-state index is 11.1. The summed E-state index contributed by atoms with van der Waals surface area (Å²) in [6, 6.07) is 9.73. The van der Waals surface area contributed by atoms with Crippen LogP contribution in [0.15, 0.2) is 30.3 Å². The van der Waals surface area contributed by atoms with E-state index in [0.29, 0.717) is 12.8 Å². The molecule has 0 amide bonds. The molecule has 0 radical (unpaired) electrons. The molecule has 0 spiro atoms. The molecule has 0 aliphatic carbocycles.